The molecule has 1 aliphatic rings. The maximum atomic E-state index is 14.2. The summed E-state index contributed by atoms with van der Waals surface area (Å²) in [6, 6.07) is 19.3. The van der Waals surface area contributed by atoms with Gasteiger partial charge in [0.25, 0.3) is 5.78 Å². The van der Waals surface area contributed by atoms with Crippen molar-refractivity contribution in [2.24, 2.45) is 0 Å². The third-order valence-corrected chi connectivity index (χ3v) is 9.10. The minimum absolute atomic E-state index is 0.0731. The molecule has 2 heterocycles. The molecule has 0 radical (unpaired) electrons. The summed E-state index contributed by atoms with van der Waals surface area (Å²) < 4.78 is 26.6. The number of hydrogen-bond donors (Lipinski definition) is 1. The van der Waals surface area contributed by atoms with E-state index in [1.807, 2.05) is 6.92 Å². The molecule has 0 saturated carbocycles. The molecular weight excluding hydrogens is 602 g/mol. The molecule has 1 aromatic heterocycles. The molecule has 8 nitrogen and oxygen atoms in total. The standard InChI is InChI=1S/C33H32FN3O5S2/c1-3-5-11-18-42-25-17-16-22(19-26(25)41-4-2)28-27(29(38)21-12-7-6-8-13-21)30(39)31(40)37(28)32-35-36-33(44-32)43-20-23-14-9-10-15-24(23)34/h6-10,12-17,19,28,38H,3-5,11,18,20H2,1-2H3. The van der Waals surface area contributed by atoms with Gasteiger partial charge in [-0.1, -0.05) is 97.5 Å². The lowest BCUT2D eigenvalue weighted by Crippen LogP contribution is -2.29. The van der Waals surface area contributed by atoms with Crippen molar-refractivity contribution in [3.63, 3.8) is 0 Å². The lowest BCUT2D eigenvalue weighted by atomic mass is 9.95. The van der Waals surface area contributed by atoms with Crippen molar-refractivity contribution in [2.45, 2.75) is 49.2 Å². The molecule has 0 bridgehead atoms. The van der Waals surface area contributed by atoms with Gasteiger partial charge in [-0.15, -0.1) is 10.2 Å². The molecule has 228 valence electrons. The number of carbonyl (C=O) groups is 2. The average molecular weight is 634 g/mol. The quantitative estimate of drug-likeness (QED) is 0.0402. The predicted octanol–water partition coefficient (Wildman–Crippen LogP) is 7.56. The van der Waals surface area contributed by atoms with Crippen molar-refractivity contribution >= 4 is 45.7 Å². The maximum Gasteiger partial charge on any atom is 0.301 e. The maximum absolute atomic E-state index is 14.2. The third kappa shape index (κ3) is 6.79. The van der Waals surface area contributed by atoms with Gasteiger partial charge in [-0.05, 0) is 42.7 Å². The van der Waals surface area contributed by atoms with Gasteiger partial charge in [0.2, 0.25) is 5.13 Å². The van der Waals surface area contributed by atoms with Crippen molar-refractivity contribution in [1.82, 2.24) is 10.2 Å². The van der Waals surface area contributed by atoms with Crippen LogP contribution in [0, 0.1) is 5.82 Å². The number of amides is 1. The molecule has 0 aliphatic carbocycles. The van der Waals surface area contributed by atoms with E-state index in [1.165, 1.54) is 22.7 Å². The first kappa shape index (κ1) is 31.2. The van der Waals surface area contributed by atoms with Crippen LogP contribution < -0.4 is 14.4 Å². The Kier molecular flexibility index (Phi) is 10.3. The van der Waals surface area contributed by atoms with Gasteiger partial charge in [0, 0.05) is 11.3 Å². The summed E-state index contributed by atoms with van der Waals surface area (Å²) in [5.74, 6) is -0.974. The number of thioether (sulfide) groups is 1. The van der Waals surface area contributed by atoms with Crippen LogP contribution in [0.2, 0.25) is 0 Å². The van der Waals surface area contributed by atoms with E-state index >= 15 is 0 Å². The summed E-state index contributed by atoms with van der Waals surface area (Å²) in [4.78, 5) is 28.4. The molecule has 5 rings (SSSR count). The van der Waals surface area contributed by atoms with Crippen LogP contribution in [-0.4, -0.2) is 40.2 Å². The highest BCUT2D eigenvalue weighted by molar-refractivity contribution is 8.00. The first-order valence-corrected chi connectivity index (χ1v) is 16.2. The third-order valence-electron chi connectivity index (χ3n) is 6.99. The second-order valence-corrected chi connectivity index (χ2v) is 12.1. The number of unbranched alkanes of at least 4 members (excludes halogenated alkanes) is 2. The SMILES string of the molecule is CCCCCOc1ccc(C2C(=C(O)c3ccccc3)C(=O)C(=O)N2c2nnc(SCc3ccccc3F)s2)cc1OCC. The zero-order valence-corrected chi connectivity index (χ0v) is 26.0. The lowest BCUT2D eigenvalue weighted by Gasteiger charge is -2.23. The highest BCUT2D eigenvalue weighted by Gasteiger charge is 2.48. The number of halogens is 1. The van der Waals surface area contributed by atoms with Crippen LogP contribution in [0.3, 0.4) is 0 Å². The largest absolute Gasteiger partial charge is 0.507 e. The van der Waals surface area contributed by atoms with Gasteiger partial charge in [0.1, 0.15) is 11.6 Å². The molecule has 4 aromatic rings. The molecule has 44 heavy (non-hydrogen) atoms. The second kappa shape index (κ2) is 14.5. The molecule has 1 aliphatic heterocycles. The Morgan fingerprint density at radius 3 is 2.50 bits per heavy atom. The number of ketones is 1. The molecule has 1 saturated heterocycles. The zero-order valence-electron chi connectivity index (χ0n) is 24.4. The summed E-state index contributed by atoms with van der Waals surface area (Å²) in [7, 11) is 0. The first-order valence-electron chi connectivity index (χ1n) is 14.4. The van der Waals surface area contributed by atoms with E-state index in [0.717, 1.165) is 30.6 Å². The van der Waals surface area contributed by atoms with Crippen molar-refractivity contribution in [3.8, 4) is 11.5 Å². The van der Waals surface area contributed by atoms with Crippen molar-refractivity contribution < 1.29 is 28.6 Å². The van der Waals surface area contributed by atoms with E-state index in [2.05, 4.69) is 17.1 Å². The number of benzene rings is 3. The van der Waals surface area contributed by atoms with Gasteiger partial charge in [0.05, 0.1) is 24.8 Å². The summed E-state index contributed by atoms with van der Waals surface area (Å²) >= 11 is 2.39. The van der Waals surface area contributed by atoms with Crippen LogP contribution in [0.1, 0.15) is 55.8 Å². The van der Waals surface area contributed by atoms with E-state index in [4.69, 9.17) is 9.47 Å². The van der Waals surface area contributed by atoms with Crippen LogP contribution in [0.4, 0.5) is 9.52 Å². The lowest BCUT2D eigenvalue weighted by molar-refractivity contribution is -0.132. The second-order valence-electron chi connectivity index (χ2n) is 9.96. The van der Waals surface area contributed by atoms with Crippen LogP contribution in [0.5, 0.6) is 11.5 Å². The zero-order chi connectivity index (χ0) is 31.1. The van der Waals surface area contributed by atoms with E-state index in [-0.39, 0.29) is 22.3 Å². The van der Waals surface area contributed by atoms with E-state index < -0.39 is 17.7 Å². The van der Waals surface area contributed by atoms with Gasteiger partial charge in [-0.2, -0.15) is 0 Å². The molecule has 1 unspecified atom stereocenters. The monoisotopic (exact) mass is 633 g/mol. The molecule has 3 aromatic carbocycles. The summed E-state index contributed by atoms with van der Waals surface area (Å²) in [5, 5.41) is 20.0. The molecule has 1 fully saturated rings. The number of nitrogens with zero attached hydrogens (tertiary/aromatic N) is 3. The molecule has 11 heteroatoms. The number of Topliss-reactive ketones (excluding diaryl/α,β-unsaturated/α-hetero) is 1. The summed E-state index contributed by atoms with van der Waals surface area (Å²) in [6.45, 7) is 4.88. The van der Waals surface area contributed by atoms with Gasteiger partial charge in [-0.25, -0.2) is 4.39 Å². The topological polar surface area (TPSA) is 102 Å². The Hall–Kier alpha value is -4.22. The van der Waals surface area contributed by atoms with E-state index in [9.17, 15) is 19.1 Å². The molecule has 0 spiro atoms. The smallest absolute Gasteiger partial charge is 0.301 e. The Labute approximate surface area is 263 Å². The van der Waals surface area contributed by atoms with E-state index in [0.29, 0.717) is 51.5 Å². The van der Waals surface area contributed by atoms with Crippen LogP contribution in [0.25, 0.3) is 5.76 Å². The van der Waals surface area contributed by atoms with Gasteiger partial charge < -0.3 is 14.6 Å². The number of aliphatic hydroxyl groups excluding tert-OH is 1. The Morgan fingerprint density at radius 1 is 0.977 bits per heavy atom. The predicted molar refractivity (Wildman–Crippen MR) is 170 cm³/mol. The fourth-order valence-corrected chi connectivity index (χ4v) is 6.68. The number of ether oxygens (including phenoxy) is 2. The molecule has 1 N–H and O–H groups in total. The normalized spacial score (nSPS) is 16.0. The molecular formula is C33H32FN3O5S2. The van der Waals surface area contributed by atoms with Crippen molar-refractivity contribution in [2.75, 3.05) is 18.1 Å². The number of aromatic nitrogens is 2. The Morgan fingerprint density at radius 2 is 1.75 bits per heavy atom. The van der Waals surface area contributed by atoms with Gasteiger partial charge in [0.15, 0.2) is 15.8 Å². The number of rotatable bonds is 13. The van der Waals surface area contributed by atoms with Crippen LogP contribution >= 0.6 is 23.1 Å². The number of carbonyl (C=O) groups excluding carboxylic acids is 2. The highest BCUT2D eigenvalue weighted by atomic mass is 32.2. The molecule has 1 amide bonds. The fraction of sp³-hybridized carbons (Fsp3) is 0.273. The Bertz CT molecular complexity index is 1660. The van der Waals surface area contributed by atoms with E-state index in [1.54, 1.807) is 66.7 Å². The molecule has 1 atom stereocenters. The van der Waals surface area contributed by atoms with Gasteiger partial charge >= 0.3 is 5.91 Å². The van der Waals surface area contributed by atoms with Crippen LogP contribution in [-0.2, 0) is 15.3 Å². The number of anilines is 1. The van der Waals surface area contributed by atoms with Crippen LogP contribution in [0.15, 0.2) is 82.7 Å². The first-order chi connectivity index (χ1) is 21.4. The Balaban J connectivity index is 1.54. The summed E-state index contributed by atoms with van der Waals surface area (Å²) in [5.41, 5.74) is 1.37. The number of aliphatic hydroxyl groups is 1. The fourth-order valence-electron chi connectivity index (χ4n) is 4.83. The number of hydrogen-bond acceptors (Lipinski definition) is 9. The minimum atomic E-state index is -1.01. The van der Waals surface area contributed by atoms with Crippen molar-refractivity contribution in [3.05, 3.63) is 101 Å². The van der Waals surface area contributed by atoms with Gasteiger partial charge in [-0.3, -0.25) is 14.5 Å². The summed E-state index contributed by atoms with van der Waals surface area (Å²) in [6.07, 6.45) is 3.00. The van der Waals surface area contributed by atoms with Crippen molar-refractivity contribution in [1.29, 1.82) is 0 Å². The highest BCUT2D eigenvalue weighted by Crippen LogP contribution is 2.45. The minimum Gasteiger partial charge on any atom is -0.507 e. The average Bonchev–Trinajstić information content (AvgIpc) is 3.61.